The molecule has 0 bridgehead atoms. The first-order valence-corrected chi connectivity index (χ1v) is 11.1. The zero-order chi connectivity index (χ0) is 22.8. The van der Waals surface area contributed by atoms with Crippen molar-refractivity contribution in [3.05, 3.63) is 101 Å². The van der Waals surface area contributed by atoms with Crippen molar-refractivity contribution in [1.82, 2.24) is 14.5 Å². The van der Waals surface area contributed by atoms with Gasteiger partial charge in [0.25, 0.3) is 0 Å². The molecule has 0 radical (unpaired) electrons. The molecule has 5 aromatic rings. The molecule has 0 fully saturated rings. The summed E-state index contributed by atoms with van der Waals surface area (Å²) in [5.74, 6) is 1.60. The fourth-order valence-electron chi connectivity index (χ4n) is 3.99. The Morgan fingerprint density at radius 3 is 2.55 bits per heavy atom. The molecule has 1 N–H and O–H groups in total. The Labute approximate surface area is 197 Å². The molecule has 0 atom stereocenters. The van der Waals surface area contributed by atoms with Crippen LogP contribution in [0.5, 0.6) is 5.75 Å². The normalized spacial score (nSPS) is 11.0. The number of benzene rings is 3. The van der Waals surface area contributed by atoms with E-state index in [1.54, 1.807) is 13.4 Å². The van der Waals surface area contributed by atoms with E-state index >= 15 is 0 Å². The molecule has 5 rings (SSSR count). The number of fused-ring (bicyclic) bond motifs is 1. The zero-order valence-electron chi connectivity index (χ0n) is 18.4. The average molecular weight is 455 g/mol. The Hall–Kier alpha value is -3.83. The molecule has 6 heteroatoms. The number of aryl methyl sites for hydroxylation is 1. The second-order valence-electron chi connectivity index (χ2n) is 7.80. The standard InChI is InChI=1S/C27H23ClN4O/c1-18-12-13-21(14-23(18)28)32-16-22(19-8-4-3-5-9-19)25-26(30-17-31-27(25)32)29-15-20-10-6-7-11-24(20)33-2/h3-14,16-17H,15H2,1-2H3,(H,29,30,31). The maximum absolute atomic E-state index is 6.45. The number of para-hydroxylation sites is 1. The first-order valence-electron chi connectivity index (χ1n) is 10.7. The molecular weight excluding hydrogens is 432 g/mol. The summed E-state index contributed by atoms with van der Waals surface area (Å²) in [5, 5.41) is 5.18. The lowest BCUT2D eigenvalue weighted by Gasteiger charge is -2.11. The van der Waals surface area contributed by atoms with Crippen molar-refractivity contribution >= 4 is 28.5 Å². The number of ether oxygens (including phenoxy) is 1. The molecular formula is C27H23ClN4O. The first kappa shape index (κ1) is 21.0. The van der Waals surface area contributed by atoms with Crippen LogP contribution in [0.2, 0.25) is 5.02 Å². The summed E-state index contributed by atoms with van der Waals surface area (Å²) < 4.78 is 7.58. The Balaban J connectivity index is 1.66. The van der Waals surface area contributed by atoms with E-state index in [9.17, 15) is 0 Å². The largest absolute Gasteiger partial charge is 0.496 e. The van der Waals surface area contributed by atoms with E-state index in [1.165, 1.54) is 0 Å². The van der Waals surface area contributed by atoms with Gasteiger partial charge in [-0.2, -0.15) is 0 Å². The molecule has 0 spiro atoms. The number of halogens is 1. The molecule has 0 aliphatic heterocycles. The van der Waals surface area contributed by atoms with Crippen LogP contribution >= 0.6 is 11.6 Å². The number of hydrogen-bond acceptors (Lipinski definition) is 4. The second-order valence-corrected chi connectivity index (χ2v) is 8.21. The molecule has 0 saturated heterocycles. The Bertz CT molecular complexity index is 1430. The van der Waals surface area contributed by atoms with Crippen LogP contribution < -0.4 is 10.1 Å². The second kappa shape index (κ2) is 8.96. The molecule has 0 amide bonds. The quantitative estimate of drug-likeness (QED) is 0.311. The molecule has 0 saturated carbocycles. The lowest BCUT2D eigenvalue weighted by Crippen LogP contribution is -2.04. The molecule has 0 aliphatic rings. The van der Waals surface area contributed by atoms with Crippen LogP contribution in [0.4, 0.5) is 5.82 Å². The number of hydrogen-bond donors (Lipinski definition) is 1. The Kier molecular flexibility index (Phi) is 5.71. The van der Waals surface area contributed by atoms with Crippen LogP contribution in [0.25, 0.3) is 27.8 Å². The van der Waals surface area contributed by atoms with Crippen molar-refractivity contribution in [2.75, 3.05) is 12.4 Å². The van der Waals surface area contributed by atoms with E-state index in [0.717, 1.165) is 55.6 Å². The molecule has 3 aromatic carbocycles. The first-order chi connectivity index (χ1) is 16.2. The highest BCUT2D eigenvalue weighted by molar-refractivity contribution is 6.31. The summed E-state index contributed by atoms with van der Waals surface area (Å²) in [7, 11) is 1.68. The van der Waals surface area contributed by atoms with Gasteiger partial charge >= 0.3 is 0 Å². The summed E-state index contributed by atoms with van der Waals surface area (Å²) in [6.07, 6.45) is 3.69. The monoisotopic (exact) mass is 454 g/mol. The van der Waals surface area contributed by atoms with Gasteiger partial charge in [-0.3, -0.25) is 0 Å². The van der Waals surface area contributed by atoms with Crippen LogP contribution in [-0.4, -0.2) is 21.6 Å². The minimum atomic E-state index is 0.575. The van der Waals surface area contributed by atoms with Crippen molar-refractivity contribution in [1.29, 1.82) is 0 Å². The maximum Gasteiger partial charge on any atom is 0.150 e. The van der Waals surface area contributed by atoms with Crippen LogP contribution in [0.1, 0.15) is 11.1 Å². The maximum atomic E-state index is 6.45. The predicted molar refractivity (Wildman–Crippen MR) is 134 cm³/mol. The van der Waals surface area contributed by atoms with E-state index in [-0.39, 0.29) is 0 Å². The van der Waals surface area contributed by atoms with Gasteiger partial charge in [-0.05, 0) is 36.2 Å². The lowest BCUT2D eigenvalue weighted by atomic mass is 10.1. The summed E-state index contributed by atoms with van der Waals surface area (Å²) in [6.45, 7) is 2.57. The molecule has 0 aliphatic carbocycles. The van der Waals surface area contributed by atoms with Crippen molar-refractivity contribution in [3.63, 3.8) is 0 Å². The van der Waals surface area contributed by atoms with Gasteiger partial charge in [0.1, 0.15) is 17.9 Å². The van der Waals surface area contributed by atoms with Gasteiger partial charge in [0.05, 0.1) is 12.5 Å². The fraction of sp³-hybridized carbons (Fsp3) is 0.111. The van der Waals surface area contributed by atoms with Crippen LogP contribution in [0, 0.1) is 6.92 Å². The molecule has 5 nitrogen and oxygen atoms in total. The SMILES string of the molecule is COc1ccccc1CNc1ncnc2c1c(-c1ccccc1)cn2-c1ccc(C)c(Cl)c1. The van der Waals surface area contributed by atoms with Crippen LogP contribution in [0.3, 0.4) is 0 Å². The fourth-order valence-corrected chi connectivity index (χ4v) is 4.16. The molecule has 33 heavy (non-hydrogen) atoms. The van der Waals surface area contributed by atoms with Crippen LogP contribution in [-0.2, 0) is 6.54 Å². The minimum Gasteiger partial charge on any atom is -0.496 e. The van der Waals surface area contributed by atoms with Gasteiger partial charge in [-0.1, -0.05) is 66.2 Å². The van der Waals surface area contributed by atoms with E-state index in [4.69, 9.17) is 16.3 Å². The van der Waals surface area contributed by atoms with Crippen molar-refractivity contribution in [3.8, 4) is 22.6 Å². The smallest absolute Gasteiger partial charge is 0.150 e. The third-order valence-corrected chi connectivity index (χ3v) is 6.15. The van der Waals surface area contributed by atoms with E-state index in [1.807, 2.05) is 61.5 Å². The molecule has 2 aromatic heterocycles. The highest BCUT2D eigenvalue weighted by atomic mass is 35.5. The zero-order valence-corrected chi connectivity index (χ0v) is 19.2. The highest BCUT2D eigenvalue weighted by Crippen LogP contribution is 2.36. The Morgan fingerprint density at radius 1 is 0.970 bits per heavy atom. The van der Waals surface area contributed by atoms with Gasteiger partial charge in [0, 0.05) is 34.6 Å². The van der Waals surface area contributed by atoms with Gasteiger partial charge in [0.15, 0.2) is 5.65 Å². The van der Waals surface area contributed by atoms with Gasteiger partial charge in [-0.15, -0.1) is 0 Å². The highest BCUT2D eigenvalue weighted by Gasteiger charge is 2.18. The van der Waals surface area contributed by atoms with Crippen LogP contribution in [0.15, 0.2) is 85.3 Å². The third kappa shape index (κ3) is 4.03. The Morgan fingerprint density at radius 2 is 1.76 bits per heavy atom. The lowest BCUT2D eigenvalue weighted by molar-refractivity contribution is 0.410. The summed E-state index contributed by atoms with van der Waals surface area (Å²) in [5.41, 5.74) is 5.99. The summed E-state index contributed by atoms with van der Waals surface area (Å²) in [6, 6.07) is 24.3. The van der Waals surface area contributed by atoms with E-state index < -0.39 is 0 Å². The predicted octanol–water partition coefficient (Wildman–Crippen LogP) is 6.67. The molecule has 0 unspecified atom stereocenters. The third-order valence-electron chi connectivity index (χ3n) is 5.74. The number of anilines is 1. The topological polar surface area (TPSA) is 52.0 Å². The minimum absolute atomic E-state index is 0.575. The van der Waals surface area contributed by atoms with Gasteiger partial charge in [-0.25, -0.2) is 9.97 Å². The number of aromatic nitrogens is 3. The number of methoxy groups -OCH3 is 1. The van der Waals surface area contributed by atoms with Crippen molar-refractivity contribution < 1.29 is 4.74 Å². The van der Waals surface area contributed by atoms with Gasteiger partial charge in [0.2, 0.25) is 0 Å². The number of nitrogens with one attached hydrogen (secondary N) is 1. The summed E-state index contributed by atoms with van der Waals surface area (Å²) >= 11 is 6.45. The molecule has 164 valence electrons. The number of rotatable bonds is 6. The van der Waals surface area contributed by atoms with Crippen molar-refractivity contribution in [2.45, 2.75) is 13.5 Å². The summed E-state index contributed by atoms with van der Waals surface area (Å²) in [4.78, 5) is 9.25. The van der Waals surface area contributed by atoms with E-state index in [2.05, 4.69) is 44.2 Å². The van der Waals surface area contributed by atoms with Crippen molar-refractivity contribution in [2.24, 2.45) is 0 Å². The van der Waals surface area contributed by atoms with E-state index in [0.29, 0.717) is 6.54 Å². The average Bonchev–Trinajstić information content (AvgIpc) is 3.25. The number of nitrogens with zero attached hydrogens (tertiary/aromatic N) is 3. The molecule has 2 heterocycles. The van der Waals surface area contributed by atoms with Gasteiger partial charge < -0.3 is 14.6 Å².